The molecule has 0 aliphatic carbocycles. The number of ether oxygens (including phenoxy) is 2. The quantitative estimate of drug-likeness (QED) is 0.102. The number of sulfonamides is 1. The molecule has 0 aliphatic heterocycles. The average Bonchev–Trinajstić information content (AvgIpc) is 3.62. The molecule has 286 valence electrons. The summed E-state index contributed by atoms with van der Waals surface area (Å²) in [5.74, 6) is 1.23. The van der Waals surface area contributed by atoms with E-state index in [0.717, 1.165) is 47.8 Å². The second-order valence-electron chi connectivity index (χ2n) is 13.9. The van der Waals surface area contributed by atoms with Crippen LogP contribution in [0.15, 0.2) is 78.2 Å². The lowest BCUT2D eigenvalue weighted by Crippen LogP contribution is -2.36. The van der Waals surface area contributed by atoms with Crippen molar-refractivity contribution in [1.29, 1.82) is 0 Å². The number of aromatic nitrogens is 1. The Bertz CT molecular complexity index is 2250. The first-order valence-corrected chi connectivity index (χ1v) is 20.4. The Hall–Kier alpha value is -5.18. The molecule has 14 heteroatoms. The van der Waals surface area contributed by atoms with E-state index in [2.05, 4.69) is 39.1 Å². The number of hydrogen-bond donors (Lipinski definition) is 3. The minimum atomic E-state index is -3.63. The van der Waals surface area contributed by atoms with E-state index in [1.165, 1.54) is 18.4 Å². The average molecular weight is 773 g/mol. The van der Waals surface area contributed by atoms with Gasteiger partial charge in [-0.25, -0.2) is 18.2 Å². The molecule has 0 saturated carbocycles. The summed E-state index contributed by atoms with van der Waals surface area (Å²) < 4.78 is 38.8. The van der Waals surface area contributed by atoms with Gasteiger partial charge in [0, 0.05) is 41.9 Å². The number of carbonyl (C=O) groups excluding carboxylic acids is 2. The van der Waals surface area contributed by atoms with Crippen LogP contribution >= 0.6 is 11.3 Å². The van der Waals surface area contributed by atoms with E-state index < -0.39 is 16.1 Å². The fourth-order valence-electron chi connectivity index (χ4n) is 5.85. The van der Waals surface area contributed by atoms with Crippen LogP contribution in [0.3, 0.4) is 0 Å². The highest BCUT2D eigenvalue weighted by Crippen LogP contribution is 2.40. The molecule has 5 rings (SSSR count). The maximum Gasteiger partial charge on any atom is 0.323 e. The number of urea groups is 1. The molecule has 0 bridgehead atoms. The standard InChI is InChI=1S/C40H48N6O6S2/c1-9-46(10-2)21-20-45(6)38(47)34-25-53-37(41-34)26-14-13-15-28(22-26)52-35-19-18-31(29-16-11-12-17-30(29)35)42-39(48)43-32-23-27(40(3,4)5)24-33(36(32)51-7)44-54(8,49)50/h11-19,22-25,44H,9-10,20-21H2,1-8H3,(H2,42,43,48). The summed E-state index contributed by atoms with van der Waals surface area (Å²) in [4.78, 5) is 35.2. The van der Waals surface area contributed by atoms with Gasteiger partial charge in [0.05, 0.1) is 30.4 Å². The fraction of sp³-hybridized carbons (Fsp3) is 0.325. The monoisotopic (exact) mass is 772 g/mol. The summed E-state index contributed by atoms with van der Waals surface area (Å²) in [7, 11) is -0.418. The molecular weight excluding hydrogens is 725 g/mol. The normalized spacial score (nSPS) is 11.7. The van der Waals surface area contributed by atoms with Crippen LogP contribution in [0, 0.1) is 0 Å². The van der Waals surface area contributed by atoms with E-state index in [1.807, 2.05) is 69.3 Å². The second kappa shape index (κ2) is 16.9. The van der Waals surface area contributed by atoms with Crippen molar-refractivity contribution in [3.05, 3.63) is 89.4 Å². The van der Waals surface area contributed by atoms with Crippen molar-refractivity contribution in [1.82, 2.24) is 14.8 Å². The van der Waals surface area contributed by atoms with E-state index in [-0.39, 0.29) is 22.8 Å². The van der Waals surface area contributed by atoms with Crippen LogP contribution < -0.4 is 24.8 Å². The number of likely N-dealkylation sites (N-methyl/N-ethyl adjacent to an activating group) is 2. The topological polar surface area (TPSA) is 142 Å². The molecule has 4 aromatic carbocycles. The predicted octanol–water partition coefficient (Wildman–Crippen LogP) is 8.49. The van der Waals surface area contributed by atoms with Gasteiger partial charge < -0.3 is 29.9 Å². The summed E-state index contributed by atoms with van der Waals surface area (Å²) in [6, 6.07) is 21.6. The number of nitrogens with one attached hydrogen (secondary N) is 3. The van der Waals surface area contributed by atoms with Gasteiger partial charge in [-0.1, -0.05) is 71.0 Å². The minimum absolute atomic E-state index is 0.114. The van der Waals surface area contributed by atoms with E-state index in [9.17, 15) is 18.0 Å². The molecule has 1 heterocycles. The first-order chi connectivity index (χ1) is 25.6. The van der Waals surface area contributed by atoms with Gasteiger partial charge in [-0.2, -0.15) is 0 Å². The van der Waals surface area contributed by atoms with Crippen LogP contribution in [0.5, 0.6) is 17.2 Å². The summed E-state index contributed by atoms with van der Waals surface area (Å²) >= 11 is 1.41. The fourth-order valence-corrected chi connectivity index (χ4v) is 7.19. The van der Waals surface area contributed by atoms with Crippen LogP contribution in [0.2, 0.25) is 0 Å². The van der Waals surface area contributed by atoms with Crippen LogP contribution in [0.4, 0.5) is 21.9 Å². The highest BCUT2D eigenvalue weighted by Gasteiger charge is 2.23. The molecule has 3 amide bonds. The number of carbonyl (C=O) groups is 2. The lowest BCUT2D eigenvalue weighted by Gasteiger charge is -2.24. The van der Waals surface area contributed by atoms with Crippen molar-refractivity contribution >= 4 is 61.1 Å². The first kappa shape index (κ1) is 40.0. The van der Waals surface area contributed by atoms with E-state index in [4.69, 9.17) is 9.47 Å². The molecule has 5 aromatic rings. The van der Waals surface area contributed by atoms with Crippen LogP contribution in [-0.4, -0.2) is 81.7 Å². The second-order valence-corrected chi connectivity index (χ2v) is 16.5. The van der Waals surface area contributed by atoms with Crippen molar-refractivity contribution < 1.29 is 27.5 Å². The van der Waals surface area contributed by atoms with Gasteiger partial charge >= 0.3 is 6.03 Å². The number of fused-ring (bicyclic) bond motifs is 1. The molecule has 12 nitrogen and oxygen atoms in total. The van der Waals surface area contributed by atoms with Crippen LogP contribution in [0.1, 0.15) is 50.7 Å². The van der Waals surface area contributed by atoms with E-state index >= 15 is 0 Å². The Morgan fingerprint density at radius 3 is 2.22 bits per heavy atom. The SMILES string of the molecule is CCN(CC)CCN(C)C(=O)c1csc(-c2cccc(Oc3ccc(NC(=O)Nc4cc(C(C)(C)C)cc(NS(C)(=O)=O)c4OC)c4ccccc34)c2)n1. The predicted molar refractivity (Wildman–Crippen MR) is 219 cm³/mol. The number of hydrogen-bond acceptors (Lipinski definition) is 9. The number of rotatable bonds is 14. The Labute approximate surface area is 321 Å². The maximum atomic E-state index is 13.5. The van der Waals surface area contributed by atoms with Crippen molar-refractivity contribution in [3.8, 4) is 27.8 Å². The molecule has 0 radical (unpaired) electrons. The summed E-state index contributed by atoms with van der Waals surface area (Å²) in [5.41, 5.74) is 2.72. The molecule has 0 saturated heterocycles. The minimum Gasteiger partial charge on any atom is -0.492 e. The number of amides is 3. The van der Waals surface area contributed by atoms with Crippen LogP contribution in [0.25, 0.3) is 21.3 Å². The number of anilines is 3. The van der Waals surface area contributed by atoms with Gasteiger partial charge in [0.25, 0.3) is 5.91 Å². The highest BCUT2D eigenvalue weighted by molar-refractivity contribution is 7.92. The van der Waals surface area contributed by atoms with Gasteiger partial charge in [-0.3, -0.25) is 9.52 Å². The highest BCUT2D eigenvalue weighted by atomic mass is 32.2. The number of nitrogens with zero attached hydrogens (tertiary/aromatic N) is 3. The summed E-state index contributed by atoms with van der Waals surface area (Å²) in [6.45, 7) is 13.5. The molecule has 54 heavy (non-hydrogen) atoms. The Kier molecular flexibility index (Phi) is 12.5. The van der Waals surface area contributed by atoms with Gasteiger partial charge in [-0.05, 0) is 60.5 Å². The Balaban J connectivity index is 1.35. The Morgan fingerprint density at radius 1 is 0.870 bits per heavy atom. The zero-order valence-corrected chi connectivity index (χ0v) is 33.6. The van der Waals surface area contributed by atoms with E-state index in [0.29, 0.717) is 40.1 Å². The van der Waals surface area contributed by atoms with Crippen molar-refractivity contribution in [3.63, 3.8) is 0 Å². The number of thiazole rings is 1. The molecule has 0 atom stereocenters. The van der Waals surface area contributed by atoms with Gasteiger partial charge in [0.1, 0.15) is 22.2 Å². The van der Waals surface area contributed by atoms with Crippen molar-refractivity contribution in [2.45, 2.75) is 40.0 Å². The zero-order chi connectivity index (χ0) is 39.2. The summed E-state index contributed by atoms with van der Waals surface area (Å²) in [6.07, 6.45) is 1.06. The molecule has 1 aromatic heterocycles. The summed E-state index contributed by atoms with van der Waals surface area (Å²) in [5, 5.41) is 9.78. The van der Waals surface area contributed by atoms with Crippen LogP contribution in [-0.2, 0) is 15.4 Å². The molecule has 0 spiro atoms. The molecule has 0 aliphatic rings. The van der Waals surface area contributed by atoms with Crippen molar-refractivity contribution in [2.75, 3.05) is 61.9 Å². The molecule has 3 N–H and O–H groups in total. The zero-order valence-electron chi connectivity index (χ0n) is 31.9. The van der Waals surface area contributed by atoms with Gasteiger partial charge in [-0.15, -0.1) is 11.3 Å². The smallest absolute Gasteiger partial charge is 0.323 e. The molecule has 0 fully saturated rings. The molecular formula is C40H48N6O6S2. The number of benzene rings is 4. The molecule has 0 unspecified atom stereocenters. The number of methoxy groups -OCH3 is 1. The van der Waals surface area contributed by atoms with Gasteiger partial charge in [0.15, 0.2) is 5.75 Å². The largest absolute Gasteiger partial charge is 0.492 e. The lowest BCUT2D eigenvalue weighted by molar-refractivity contribution is 0.0775. The van der Waals surface area contributed by atoms with Crippen molar-refractivity contribution in [2.24, 2.45) is 0 Å². The lowest BCUT2D eigenvalue weighted by atomic mass is 9.86. The van der Waals surface area contributed by atoms with E-state index in [1.54, 1.807) is 41.6 Å². The third-order valence-corrected chi connectivity index (χ3v) is 10.3. The Morgan fingerprint density at radius 2 is 1.56 bits per heavy atom. The first-order valence-electron chi connectivity index (χ1n) is 17.6. The maximum absolute atomic E-state index is 13.5. The third kappa shape index (κ3) is 9.87. The third-order valence-electron chi connectivity index (χ3n) is 8.86. The van der Waals surface area contributed by atoms with Gasteiger partial charge in [0.2, 0.25) is 10.0 Å².